The lowest BCUT2D eigenvalue weighted by atomic mass is 10.2. The van der Waals surface area contributed by atoms with Crippen molar-refractivity contribution in [2.45, 2.75) is 25.1 Å². The molecule has 67 valence electrons. The minimum Gasteiger partial charge on any atom is -0.309 e. The number of rotatable bonds is 5. The Kier molecular flexibility index (Phi) is 6.68. The van der Waals surface area contributed by atoms with Crippen molar-refractivity contribution in [3.05, 3.63) is 4.83 Å². The van der Waals surface area contributed by atoms with Gasteiger partial charge in [0.25, 0.3) is 0 Å². The van der Waals surface area contributed by atoms with E-state index in [1.165, 1.54) is 4.83 Å². The highest BCUT2D eigenvalue weighted by Crippen LogP contribution is 2.26. The van der Waals surface area contributed by atoms with E-state index in [0.29, 0.717) is 0 Å². The summed E-state index contributed by atoms with van der Waals surface area (Å²) in [5.74, 6) is 0. The van der Waals surface area contributed by atoms with Crippen molar-refractivity contribution in [1.82, 2.24) is 4.90 Å². The van der Waals surface area contributed by atoms with Gasteiger partial charge in [0.1, 0.15) is 0 Å². The van der Waals surface area contributed by atoms with Crippen LogP contribution < -0.4 is 0 Å². The first kappa shape index (κ1) is 11.7. The Balaban J connectivity index is 3.43. The van der Waals surface area contributed by atoms with E-state index in [1.54, 1.807) is 0 Å². The fraction of sp³-hybridized carbons (Fsp3) is 0.875. The van der Waals surface area contributed by atoms with Gasteiger partial charge in [-0.05, 0) is 33.5 Å². The molecule has 0 aliphatic carbocycles. The second-order valence-corrected chi connectivity index (χ2v) is 4.42. The summed E-state index contributed by atoms with van der Waals surface area (Å²) in [6.07, 6.45) is 2.03. The van der Waals surface area contributed by atoms with Crippen molar-refractivity contribution >= 4 is 27.5 Å². The first-order valence-corrected chi connectivity index (χ1v) is 5.10. The summed E-state index contributed by atoms with van der Waals surface area (Å²) >= 11 is 9.49. The van der Waals surface area contributed by atoms with Gasteiger partial charge in [0.05, 0.1) is 10.2 Å². The number of halogens is 2. The number of nitrogens with zero attached hydrogens (tertiary/aromatic N) is 1. The van der Waals surface area contributed by atoms with Crippen LogP contribution in [-0.2, 0) is 0 Å². The third kappa shape index (κ3) is 5.94. The second-order valence-electron chi connectivity index (χ2n) is 2.88. The predicted molar refractivity (Wildman–Crippen MR) is 55.3 cm³/mol. The van der Waals surface area contributed by atoms with Crippen molar-refractivity contribution in [3.63, 3.8) is 0 Å². The largest absolute Gasteiger partial charge is 0.309 e. The molecule has 0 aliphatic heterocycles. The molecule has 0 rings (SSSR count). The molecule has 0 spiro atoms. The van der Waals surface area contributed by atoms with Gasteiger partial charge in [-0.15, -0.1) is 11.6 Å². The van der Waals surface area contributed by atoms with Crippen LogP contribution in [0.25, 0.3) is 0 Å². The molecule has 0 saturated heterocycles. The summed E-state index contributed by atoms with van der Waals surface area (Å²) in [7, 11) is 4.13. The standard InChI is InChI=1S/C8H16BrClN/c1-4-8(10)7(9)5-6-11(2)3/h8H,4-6H2,1-3H3. The highest BCUT2D eigenvalue weighted by Gasteiger charge is 2.14. The quantitative estimate of drug-likeness (QED) is 0.669. The van der Waals surface area contributed by atoms with Gasteiger partial charge in [-0.2, -0.15) is 0 Å². The molecular weight excluding hydrogens is 225 g/mol. The Bertz CT molecular complexity index is 98.1. The van der Waals surface area contributed by atoms with Gasteiger partial charge in [0, 0.05) is 0 Å². The Hall–Kier alpha value is 0.730. The first-order valence-electron chi connectivity index (χ1n) is 3.88. The monoisotopic (exact) mass is 240 g/mol. The molecule has 0 aromatic carbocycles. The lowest BCUT2D eigenvalue weighted by molar-refractivity contribution is 0.408. The van der Waals surface area contributed by atoms with Gasteiger partial charge >= 0.3 is 0 Å². The number of hydrogen-bond donors (Lipinski definition) is 0. The Morgan fingerprint density at radius 3 is 2.45 bits per heavy atom. The van der Waals surface area contributed by atoms with Crippen LogP contribution in [0.1, 0.15) is 19.8 Å². The highest BCUT2D eigenvalue weighted by atomic mass is 79.9. The van der Waals surface area contributed by atoms with Gasteiger partial charge in [-0.1, -0.05) is 22.9 Å². The molecule has 0 bridgehead atoms. The molecule has 1 nitrogen and oxygen atoms in total. The van der Waals surface area contributed by atoms with Gasteiger partial charge in [0.15, 0.2) is 0 Å². The Labute approximate surface area is 83.2 Å². The fourth-order valence-corrected chi connectivity index (χ4v) is 1.32. The minimum atomic E-state index is 0.190. The smallest absolute Gasteiger partial charge is 0.0600 e. The van der Waals surface area contributed by atoms with E-state index >= 15 is 0 Å². The topological polar surface area (TPSA) is 3.24 Å². The van der Waals surface area contributed by atoms with Gasteiger partial charge in [0.2, 0.25) is 0 Å². The summed E-state index contributed by atoms with van der Waals surface area (Å²) in [6.45, 7) is 3.15. The summed E-state index contributed by atoms with van der Waals surface area (Å²) in [5.41, 5.74) is 0. The normalized spacial score (nSPS) is 14.5. The maximum absolute atomic E-state index is 6.00. The lowest BCUT2D eigenvalue weighted by Gasteiger charge is -2.16. The molecule has 11 heavy (non-hydrogen) atoms. The van der Waals surface area contributed by atoms with E-state index in [0.717, 1.165) is 19.4 Å². The van der Waals surface area contributed by atoms with Crippen LogP contribution in [0.2, 0.25) is 0 Å². The molecule has 0 saturated carbocycles. The van der Waals surface area contributed by atoms with Crippen LogP contribution in [-0.4, -0.2) is 30.9 Å². The van der Waals surface area contributed by atoms with Crippen LogP contribution in [0.15, 0.2) is 0 Å². The van der Waals surface area contributed by atoms with Crippen molar-refractivity contribution in [2.75, 3.05) is 20.6 Å². The lowest BCUT2D eigenvalue weighted by Crippen LogP contribution is -2.17. The van der Waals surface area contributed by atoms with E-state index in [2.05, 4.69) is 41.8 Å². The molecule has 1 unspecified atom stereocenters. The van der Waals surface area contributed by atoms with Crippen LogP contribution in [0.3, 0.4) is 0 Å². The van der Waals surface area contributed by atoms with E-state index in [1.807, 2.05) is 0 Å². The molecule has 0 aliphatic rings. The van der Waals surface area contributed by atoms with Crippen LogP contribution in [0.5, 0.6) is 0 Å². The highest BCUT2D eigenvalue weighted by molar-refractivity contribution is 9.11. The van der Waals surface area contributed by atoms with Crippen LogP contribution in [0.4, 0.5) is 0 Å². The maximum Gasteiger partial charge on any atom is 0.0600 e. The van der Waals surface area contributed by atoms with E-state index in [4.69, 9.17) is 11.6 Å². The zero-order valence-corrected chi connectivity index (χ0v) is 9.74. The fourth-order valence-electron chi connectivity index (χ4n) is 0.709. The zero-order chi connectivity index (χ0) is 8.85. The van der Waals surface area contributed by atoms with Crippen molar-refractivity contribution in [1.29, 1.82) is 0 Å². The van der Waals surface area contributed by atoms with Crippen molar-refractivity contribution < 1.29 is 0 Å². The molecule has 0 amide bonds. The molecule has 0 aromatic heterocycles. The Morgan fingerprint density at radius 1 is 1.55 bits per heavy atom. The van der Waals surface area contributed by atoms with Gasteiger partial charge in [-0.25, -0.2) is 0 Å². The molecule has 0 heterocycles. The van der Waals surface area contributed by atoms with E-state index < -0.39 is 0 Å². The molecule has 0 fully saturated rings. The summed E-state index contributed by atoms with van der Waals surface area (Å²) < 4.78 is 0. The van der Waals surface area contributed by atoms with Gasteiger partial charge in [-0.3, -0.25) is 0 Å². The average molecular weight is 242 g/mol. The maximum atomic E-state index is 6.00. The summed E-state index contributed by atoms with van der Waals surface area (Å²) in [5, 5.41) is 0.190. The molecule has 1 radical (unpaired) electrons. The van der Waals surface area contributed by atoms with Crippen LogP contribution >= 0.6 is 27.5 Å². The zero-order valence-electron chi connectivity index (χ0n) is 7.40. The van der Waals surface area contributed by atoms with Crippen molar-refractivity contribution in [2.24, 2.45) is 0 Å². The van der Waals surface area contributed by atoms with Crippen molar-refractivity contribution in [3.8, 4) is 0 Å². The third-order valence-corrected chi connectivity index (χ3v) is 3.28. The molecule has 0 aromatic rings. The summed E-state index contributed by atoms with van der Waals surface area (Å²) in [6, 6.07) is 0. The minimum absolute atomic E-state index is 0.190. The van der Waals surface area contributed by atoms with E-state index in [9.17, 15) is 0 Å². The summed E-state index contributed by atoms with van der Waals surface area (Å²) in [4.78, 5) is 3.37. The van der Waals surface area contributed by atoms with Crippen LogP contribution in [0, 0.1) is 4.83 Å². The third-order valence-electron chi connectivity index (χ3n) is 1.50. The first-order chi connectivity index (χ1) is 5.07. The van der Waals surface area contributed by atoms with E-state index in [-0.39, 0.29) is 5.38 Å². The number of hydrogen-bond acceptors (Lipinski definition) is 1. The SMILES string of the molecule is CCC(Cl)[C](Br)CCN(C)C. The predicted octanol–water partition coefficient (Wildman–Crippen LogP) is 2.88. The Morgan fingerprint density at radius 2 is 2.09 bits per heavy atom. The number of alkyl halides is 1. The average Bonchev–Trinajstić information content (AvgIpc) is 1.98. The molecule has 1 atom stereocenters. The molecular formula is C8H16BrClN. The molecule has 3 heteroatoms. The molecule has 0 N–H and O–H groups in total. The second kappa shape index (κ2) is 6.27. The van der Waals surface area contributed by atoms with Gasteiger partial charge < -0.3 is 4.90 Å².